The van der Waals surface area contributed by atoms with E-state index in [0.717, 1.165) is 72.7 Å². The van der Waals surface area contributed by atoms with E-state index in [-0.39, 0.29) is 18.2 Å². The highest BCUT2D eigenvalue weighted by Gasteiger charge is 2.34. The van der Waals surface area contributed by atoms with Gasteiger partial charge in [0, 0.05) is 17.6 Å². The molecule has 2 aromatic rings. The van der Waals surface area contributed by atoms with Crippen LogP contribution in [0.2, 0.25) is 0 Å². The molecule has 1 amide bonds. The number of rotatable bonds is 8. The molecule has 0 radical (unpaired) electrons. The Morgan fingerprint density at radius 3 is 2.71 bits per heavy atom. The van der Waals surface area contributed by atoms with E-state index in [9.17, 15) is 4.79 Å². The number of para-hydroxylation sites is 1. The van der Waals surface area contributed by atoms with Crippen LogP contribution in [-0.2, 0) is 4.74 Å². The van der Waals surface area contributed by atoms with E-state index < -0.39 is 0 Å². The van der Waals surface area contributed by atoms with Crippen molar-refractivity contribution in [3.8, 4) is 17.2 Å². The molecule has 7 nitrogen and oxygen atoms in total. The van der Waals surface area contributed by atoms with Crippen molar-refractivity contribution in [1.29, 1.82) is 0 Å². The monoisotopic (exact) mass is 544 g/mol. The third kappa shape index (κ3) is 6.04. The maximum Gasteiger partial charge on any atom is 0.410 e. The Morgan fingerprint density at radius 2 is 1.89 bits per heavy atom. The molecule has 8 heteroatoms. The molecule has 188 valence electrons. The first kappa shape index (κ1) is 24.3. The van der Waals surface area contributed by atoms with E-state index in [1.807, 2.05) is 54.3 Å². The van der Waals surface area contributed by atoms with E-state index in [1.54, 1.807) is 0 Å². The largest absolute Gasteiger partial charge is 0.491 e. The number of likely N-dealkylation sites (tertiary alicyclic amines) is 1. The van der Waals surface area contributed by atoms with Crippen LogP contribution in [0, 0.1) is 12.8 Å². The van der Waals surface area contributed by atoms with Gasteiger partial charge < -0.3 is 18.9 Å². The molecular weight excluding hydrogens is 512 g/mol. The summed E-state index contributed by atoms with van der Waals surface area (Å²) < 4.78 is 24.4. The van der Waals surface area contributed by atoms with Gasteiger partial charge in [0.2, 0.25) is 0 Å². The van der Waals surface area contributed by atoms with Crippen LogP contribution in [0.4, 0.5) is 4.79 Å². The second-order valence-corrected chi connectivity index (χ2v) is 10.6. The minimum absolute atomic E-state index is 0.0337. The molecule has 0 spiro atoms. The summed E-state index contributed by atoms with van der Waals surface area (Å²) in [6, 6.07) is 13.8. The van der Waals surface area contributed by atoms with Gasteiger partial charge in [-0.3, -0.25) is 9.80 Å². The smallest absolute Gasteiger partial charge is 0.410 e. The predicted octanol–water partition coefficient (Wildman–Crippen LogP) is 4.90. The normalized spacial score (nSPS) is 22.8. The molecule has 3 aliphatic heterocycles. The Morgan fingerprint density at radius 1 is 1.06 bits per heavy atom. The van der Waals surface area contributed by atoms with Crippen LogP contribution in [0.25, 0.3) is 0 Å². The molecule has 0 N–H and O–H groups in total. The molecule has 2 saturated heterocycles. The number of piperidine rings is 1. The number of ether oxygens (including phenoxy) is 4. The summed E-state index contributed by atoms with van der Waals surface area (Å²) in [5, 5.41) is 0. The van der Waals surface area contributed by atoms with Crippen LogP contribution in [0.3, 0.4) is 0 Å². The fraction of sp³-hybridized carbons (Fsp3) is 0.519. The van der Waals surface area contributed by atoms with Crippen LogP contribution < -0.4 is 14.2 Å². The number of hydrogen-bond donors (Lipinski definition) is 0. The molecule has 2 fully saturated rings. The van der Waals surface area contributed by atoms with Gasteiger partial charge in [-0.2, -0.15) is 0 Å². The second kappa shape index (κ2) is 11.1. The zero-order chi connectivity index (χ0) is 24.2. The van der Waals surface area contributed by atoms with Gasteiger partial charge in [-0.25, -0.2) is 4.79 Å². The molecule has 0 bridgehead atoms. The molecule has 2 aromatic carbocycles. The zero-order valence-electron chi connectivity index (χ0n) is 20.2. The van der Waals surface area contributed by atoms with E-state index >= 15 is 0 Å². The van der Waals surface area contributed by atoms with Crippen LogP contribution in [0.15, 0.2) is 46.9 Å². The molecule has 35 heavy (non-hydrogen) atoms. The molecule has 5 rings (SSSR count). The van der Waals surface area contributed by atoms with Crippen molar-refractivity contribution in [3.63, 3.8) is 0 Å². The summed E-state index contributed by atoms with van der Waals surface area (Å²) in [6.45, 7) is 7.13. The average molecular weight is 545 g/mol. The maximum atomic E-state index is 12.3. The number of amides is 1. The van der Waals surface area contributed by atoms with Gasteiger partial charge in [-0.05, 0) is 75.0 Å². The van der Waals surface area contributed by atoms with Crippen molar-refractivity contribution in [2.45, 2.75) is 38.3 Å². The standard InChI is InChI=1S/C27H33BrN2O5/c1-19-4-2-3-5-24(19)32-16-22-17-34-27(31)30(22)13-10-20-8-11-29(12-9-20)15-23-18-33-25-7-6-21(28)14-26(25)35-23/h2-7,14,20,22-23H,8-13,15-18H2,1H3/t22?,23-/m0/s1. The van der Waals surface area contributed by atoms with Gasteiger partial charge in [0.1, 0.15) is 37.7 Å². The maximum absolute atomic E-state index is 12.3. The van der Waals surface area contributed by atoms with Crippen LogP contribution in [0.1, 0.15) is 24.8 Å². The number of hydrogen-bond acceptors (Lipinski definition) is 6. The Labute approximate surface area is 215 Å². The lowest BCUT2D eigenvalue weighted by molar-refractivity contribution is 0.0464. The number of halogens is 1. The van der Waals surface area contributed by atoms with Gasteiger partial charge >= 0.3 is 6.09 Å². The summed E-state index contributed by atoms with van der Waals surface area (Å²) in [7, 11) is 0. The van der Waals surface area contributed by atoms with E-state index in [1.165, 1.54) is 0 Å². The SMILES string of the molecule is Cc1ccccc1OCC1COC(=O)N1CCC1CCN(C[C@H]2COc3ccc(Br)cc3O2)CC1. The Kier molecular flexibility index (Phi) is 7.68. The first-order chi connectivity index (χ1) is 17.0. The topological polar surface area (TPSA) is 60.5 Å². The summed E-state index contributed by atoms with van der Waals surface area (Å²) in [5.74, 6) is 3.09. The number of nitrogens with zero attached hydrogens (tertiary/aromatic N) is 2. The van der Waals surface area contributed by atoms with Crippen molar-refractivity contribution in [2.24, 2.45) is 5.92 Å². The van der Waals surface area contributed by atoms with Crippen molar-refractivity contribution in [3.05, 3.63) is 52.5 Å². The molecule has 0 saturated carbocycles. The van der Waals surface area contributed by atoms with E-state index in [0.29, 0.717) is 25.7 Å². The van der Waals surface area contributed by atoms with Gasteiger partial charge in [0.15, 0.2) is 11.5 Å². The van der Waals surface area contributed by atoms with Crippen LogP contribution in [-0.4, -0.2) is 74.0 Å². The minimum atomic E-state index is -0.220. The van der Waals surface area contributed by atoms with Crippen molar-refractivity contribution < 1.29 is 23.7 Å². The molecule has 0 aromatic heterocycles. The number of carbonyl (C=O) groups is 1. The van der Waals surface area contributed by atoms with Gasteiger partial charge in [0.25, 0.3) is 0 Å². The minimum Gasteiger partial charge on any atom is -0.491 e. The van der Waals surface area contributed by atoms with Gasteiger partial charge in [-0.1, -0.05) is 34.1 Å². The Balaban J connectivity index is 1.05. The number of fused-ring (bicyclic) bond motifs is 1. The first-order valence-electron chi connectivity index (χ1n) is 12.5. The molecule has 2 atom stereocenters. The molecule has 3 heterocycles. The second-order valence-electron chi connectivity index (χ2n) is 9.68. The number of carbonyl (C=O) groups excluding carboxylic acids is 1. The molecule has 0 aliphatic carbocycles. The van der Waals surface area contributed by atoms with Crippen LogP contribution in [0.5, 0.6) is 17.2 Å². The summed E-state index contributed by atoms with van der Waals surface area (Å²) >= 11 is 3.50. The Bertz CT molecular complexity index is 1030. The van der Waals surface area contributed by atoms with Gasteiger partial charge in [0.05, 0.1) is 0 Å². The Hall–Kier alpha value is -2.45. The lowest BCUT2D eigenvalue weighted by atomic mass is 9.93. The summed E-state index contributed by atoms with van der Waals surface area (Å²) in [6.07, 6.45) is 3.07. The van der Waals surface area contributed by atoms with E-state index in [4.69, 9.17) is 18.9 Å². The zero-order valence-corrected chi connectivity index (χ0v) is 21.7. The third-order valence-electron chi connectivity index (χ3n) is 7.17. The quantitative estimate of drug-likeness (QED) is 0.471. The highest BCUT2D eigenvalue weighted by atomic mass is 79.9. The van der Waals surface area contributed by atoms with Crippen LogP contribution >= 0.6 is 15.9 Å². The number of benzene rings is 2. The lowest BCUT2D eigenvalue weighted by Gasteiger charge is -2.36. The summed E-state index contributed by atoms with van der Waals surface area (Å²) in [5.41, 5.74) is 1.10. The molecular formula is C27H33BrN2O5. The fourth-order valence-corrected chi connectivity index (χ4v) is 5.39. The number of aryl methyl sites for hydroxylation is 1. The van der Waals surface area contributed by atoms with Crippen molar-refractivity contribution in [1.82, 2.24) is 9.80 Å². The van der Waals surface area contributed by atoms with Crippen molar-refractivity contribution >= 4 is 22.0 Å². The first-order valence-corrected chi connectivity index (χ1v) is 13.3. The van der Waals surface area contributed by atoms with Gasteiger partial charge in [-0.15, -0.1) is 0 Å². The highest BCUT2D eigenvalue weighted by molar-refractivity contribution is 9.10. The third-order valence-corrected chi connectivity index (χ3v) is 7.66. The van der Waals surface area contributed by atoms with E-state index in [2.05, 4.69) is 20.8 Å². The lowest BCUT2D eigenvalue weighted by Crippen LogP contribution is -2.44. The highest BCUT2D eigenvalue weighted by Crippen LogP contribution is 2.34. The predicted molar refractivity (Wildman–Crippen MR) is 136 cm³/mol. The average Bonchev–Trinajstić information content (AvgIpc) is 3.22. The molecule has 1 unspecified atom stereocenters. The number of cyclic esters (lactones) is 1. The van der Waals surface area contributed by atoms with Crippen molar-refractivity contribution in [2.75, 3.05) is 46.0 Å². The fourth-order valence-electron chi connectivity index (χ4n) is 5.05. The molecule has 3 aliphatic rings. The summed E-state index contributed by atoms with van der Waals surface area (Å²) in [4.78, 5) is 16.7.